The van der Waals surface area contributed by atoms with Crippen molar-refractivity contribution in [2.24, 2.45) is 0 Å². The summed E-state index contributed by atoms with van der Waals surface area (Å²) in [4.78, 5) is 31.3. The van der Waals surface area contributed by atoms with E-state index in [0.717, 1.165) is 22.5 Å². The standard InChI is InChI=1S/C18H23N3O2S/c1-5-13-10-16(22)21-18(19-13)24-15(6-2)17(23)20-14-8-7-11(3)9-12(14)4/h7-10,15H,5-6H2,1-4H3,(H,20,23)(H,19,21,22). The maximum atomic E-state index is 12.6. The highest BCUT2D eigenvalue weighted by molar-refractivity contribution is 8.00. The maximum Gasteiger partial charge on any atom is 0.251 e. The van der Waals surface area contributed by atoms with E-state index in [1.54, 1.807) is 0 Å². The molecule has 6 heteroatoms. The highest BCUT2D eigenvalue weighted by atomic mass is 32.2. The van der Waals surface area contributed by atoms with E-state index in [1.807, 2.05) is 45.9 Å². The first-order valence-electron chi connectivity index (χ1n) is 8.08. The summed E-state index contributed by atoms with van der Waals surface area (Å²) >= 11 is 1.29. The summed E-state index contributed by atoms with van der Waals surface area (Å²) in [5, 5.41) is 3.14. The van der Waals surface area contributed by atoms with Crippen LogP contribution in [-0.2, 0) is 11.2 Å². The number of carbonyl (C=O) groups is 1. The van der Waals surface area contributed by atoms with E-state index in [4.69, 9.17) is 0 Å². The fourth-order valence-electron chi connectivity index (χ4n) is 2.34. The van der Waals surface area contributed by atoms with Gasteiger partial charge in [0.15, 0.2) is 5.16 Å². The first kappa shape index (κ1) is 18.3. The maximum absolute atomic E-state index is 12.6. The lowest BCUT2D eigenvalue weighted by atomic mass is 10.1. The highest BCUT2D eigenvalue weighted by Gasteiger charge is 2.20. The van der Waals surface area contributed by atoms with Gasteiger partial charge in [-0.25, -0.2) is 4.98 Å². The van der Waals surface area contributed by atoms with E-state index in [0.29, 0.717) is 18.0 Å². The molecular formula is C18H23N3O2S. The molecule has 0 bridgehead atoms. The van der Waals surface area contributed by atoms with Gasteiger partial charge in [0, 0.05) is 17.4 Å². The van der Waals surface area contributed by atoms with Crippen LogP contribution in [-0.4, -0.2) is 21.1 Å². The van der Waals surface area contributed by atoms with Crippen molar-refractivity contribution < 1.29 is 4.79 Å². The summed E-state index contributed by atoms with van der Waals surface area (Å²) in [6.07, 6.45) is 1.32. The first-order chi connectivity index (χ1) is 11.4. The molecule has 0 spiro atoms. The third-order valence-corrected chi connectivity index (χ3v) is 4.94. The molecule has 128 valence electrons. The minimum atomic E-state index is -0.319. The summed E-state index contributed by atoms with van der Waals surface area (Å²) in [5.41, 5.74) is 3.54. The molecule has 24 heavy (non-hydrogen) atoms. The molecule has 0 aliphatic rings. The van der Waals surface area contributed by atoms with Gasteiger partial charge in [-0.3, -0.25) is 9.59 Å². The summed E-state index contributed by atoms with van der Waals surface area (Å²) in [5.74, 6) is -0.0843. The number of amides is 1. The summed E-state index contributed by atoms with van der Waals surface area (Å²) in [6, 6.07) is 7.41. The zero-order chi connectivity index (χ0) is 17.7. The Balaban J connectivity index is 2.14. The molecule has 1 unspecified atom stereocenters. The molecule has 0 aliphatic carbocycles. The van der Waals surface area contributed by atoms with Gasteiger partial charge in [-0.2, -0.15) is 0 Å². The molecule has 5 nitrogen and oxygen atoms in total. The molecule has 1 aromatic heterocycles. The van der Waals surface area contributed by atoms with Crippen LogP contribution in [0.25, 0.3) is 0 Å². The van der Waals surface area contributed by atoms with E-state index >= 15 is 0 Å². The number of thioether (sulfide) groups is 1. The largest absolute Gasteiger partial charge is 0.325 e. The fourth-order valence-corrected chi connectivity index (χ4v) is 3.28. The number of hydrogen-bond acceptors (Lipinski definition) is 4. The van der Waals surface area contributed by atoms with Crippen molar-refractivity contribution in [1.82, 2.24) is 9.97 Å². The molecular weight excluding hydrogens is 322 g/mol. The Bertz CT molecular complexity index is 786. The number of rotatable bonds is 6. The third-order valence-electron chi connectivity index (χ3n) is 3.69. The van der Waals surface area contributed by atoms with Crippen LogP contribution < -0.4 is 10.9 Å². The molecule has 2 rings (SSSR count). The number of H-pyrrole nitrogens is 1. The second-order valence-electron chi connectivity index (χ2n) is 5.72. The number of aryl methyl sites for hydroxylation is 3. The van der Waals surface area contributed by atoms with Gasteiger partial charge in [0.25, 0.3) is 5.56 Å². The average molecular weight is 345 g/mol. The topological polar surface area (TPSA) is 74.8 Å². The molecule has 1 aromatic carbocycles. The van der Waals surface area contributed by atoms with Gasteiger partial charge in [-0.15, -0.1) is 0 Å². The SMILES string of the molecule is CCc1cc(=O)[nH]c(SC(CC)C(=O)Nc2ccc(C)cc2C)n1. The van der Waals surface area contributed by atoms with Gasteiger partial charge < -0.3 is 10.3 Å². The number of benzene rings is 1. The van der Waals surface area contributed by atoms with E-state index in [2.05, 4.69) is 15.3 Å². The Morgan fingerprint density at radius 2 is 2.04 bits per heavy atom. The Kier molecular flexibility index (Phi) is 6.20. The molecule has 0 fully saturated rings. The van der Waals surface area contributed by atoms with E-state index in [-0.39, 0.29) is 16.7 Å². The third kappa shape index (κ3) is 4.71. The van der Waals surface area contributed by atoms with Crippen molar-refractivity contribution >= 4 is 23.4 Å². The van der Waals surface area contributed by atoms with Crippen molar-refractivity contribution in [3.05, 3.63) is 51.4 Å². The second-order valence-corrected chi connectivity index (χ2v) is 6.91. The number of nitrogens with one attached hydrogen (secondary N) is 2. The van der Waals surface area contributed by atoms with Crippen LogP contribution in [0, 0.1) is 13.8 Å². The Labute approximate surface area is 146 Å². The predicted octanol–water partition coefficient (Wildman–Crippen LogP) is 3.46. The zero-order valence-electron chi connectivity index (χ0n) is 14.5. The number of nitrogens with zero attached hydrogens (tertiary/aromatic N) is 1. The molecule has 1 heterocycles. The van der Waals surface area contributed by atoms with Crippen LogP contribution in [0.5, 0.6) is 0 Å². The number of aromatic nitrogens is 2. The predicted molar refractivity (Wildman–Crippen MR) is 98.7 cm³/mol. The van der Waals surface area contributed by atoms with Gasteiger partial charge in [0.05, 0.1) is 5.25 Å². The van der Waals surface area contributed by atoms with Crippen LogP contribution in [0.3, 0.4) is 0 Å². The number of carbonyl (C=O) groups excluding carboxylic acids is 1. The smallest absolute Gasteiger partial charge is 0.251 e. The molecule has 0 saturated heterocycles. The zero-order valence-corrected chi connectivity index (χ0v) is 15.3. The lowest BCUT2D eigenvalue weighted by Crippen LogP contribution is -2.25. The van der Waals surface area contributed by atoms with Crippen molar-refractivity contribution in [3.63, 3.8) is 0 Å². The van der Waals surface area contributed by atoms with Crippen molar-refractivity contribution in [2.45, 2.75) is 50.9 Å². The van der Waals surface area contributed by atoms with Crippen LogP contribution in [0.2, 0.25) is 0 Å². The monoisotopic (exact) mass is 345 g/mol. The van der Waals surface area contributed by atoms with Crippen LogP contribution in [0.1, 0.15) is 37.1 Å². The summed E-state index contributed by atoms with van der Waals surface area (Å²) < 4.78 is 0. The molecule has 0 aliphatic heterocycles. The second kappa shape index (κ2) is 8.15. The highest BCUT2D eigenvalue weighted by Crippen LogP contribution is 2.24. The lowest BCUT2D eigenvalue weighted by Gasteiger charge is -2.15. The first-order valence-corrected chi connectivity index (χ1v) is 8.96. The van der Waals surface area contributed by atoms with Gasteiger partial charge in [-0.1, -0.05) is 43.3 Å². The lowest BCUT2D eigenvalue weighted by molar-refractivity contribution is -0.115. The van der Waals surface area contributed by atoms with Crippen LogP contribution in [0.4, 0.5) is 5.69 Å². The summed E-state index contributed by atoms with van der Waals surface area (Å²) in [6.45, 7) is 7.88. The molecule has 0 radical (unpaired) electrons. The van der Waals surface area contributed by atoms with E-state index in [9.17, 15) is 9.59 Å². The Morgan fingerprint density at radius 1 is 1.29 bits per heavy atom. The minimum absolute atomic E-state index is 0.0843. The number of anilines is 1. The normalized spacial score (nSPS) is 12.0. The van der Waals surface area contributed by atoms with Gasteiger partial charge in [0.2, 0.25) is 5.91 Å². The molecule has 1 amide bonds. The Hall–Kier alpha value is -2.08. The molecule has 2 N–H and O–H groups in total. The summed E-state index contributed by atoms with van der Waals surface area (Å²) in [7, 11) is 0. The van der Waals surface area contributed by atoms with Crippen LogP contribution >= 0.6 is 11.8 Å². The molecule has 1 atom stereocenters. The average Bonchev–Trinajstić information content (AvgIpc) is 2.54. The minimum Gasteiger partial charge on any atom is -0.325 e. The van der Waals surface area contributed by atoms with E-state index in [1.165, 1.54) is 17.8 Å². The van der Waals surface area contributed by atoms with Gasteiger partial charge in [-0.05, 0) is 38.3 Å². The molecule has 2 aromatic rings. The van der Waals surface area contributed by atoms with E-state index < -0.39 is 0 Å². The van der Waals surface area contributed by atoms with Gasteiger partial charge >= 0.3 is 0 Å². The number of hydrogen-bond donors (Lipinski definition) is 2. The molecule has 0 saturated carbocycles. The van der Waals surface area contributed by atoms with Crippen molar-refractivity contribution in [2.75, 3.05) is 5.32 Å². The Morgan fingerprint density at radius 3 is 2.67 bits per heavy atom. The fraction of sp³-hybridized carbons (Fsp3) is 0.389. The van der Waals surface area contributed by atoms with Crippen LogP contribution in [0.15, 0.2) is 34.2 Å². The van der Waals surface area contributed by atoms with Gasteiger partial charge in [0.1, 0.15) is 0 Å². The quantitative estimate of drug-likeness (QED) is 0.621. The number of aromatic amines is 1. The van der Waals surface area contributed by atoms with Crippen molar-refractivity contribution in [3.8, 4) is 0 Å². The van der Waals surface area contributed by atoms with Crippen molar-refractivity contribution in [1.29, 1.82) is 0 Å².